The Bertz CT molecular complexity index is 359. The van der Waals surface area contributed by atoms with Crippen LogP contribution < -0.4 is 5.32 Å². The fourth-order valence-electron chi connectivity index (χ4n) is 1.35. The summed E-state index contributed by atoms with van der Waals surface area (Å²) in [6.45, 7) is 5.54. The van der Waals surface area contributed by atoms with E-state index in [1.165, 1.54) is 0 Å². The van der Waals surface area contributed by atoms with E-state index in [1.54, 1.807) is 0 Å². The van der Waals surface area contributed by atoms with E-state index in [0.29, 0.717) is 5.33 Å². The second kappa shape index (κ2) is 6.05. The molecular formula is C13H18BrNO2. The van der Waals surface area contributed by atoms with Crippen LogP contribution in [-0.4, -0.2) is 17.0 Å². The first-order valence-electron chi connectivity index (χ1n) is 5.53. The molecule has 17 heavy (non-hydrogen) atoms. The molecule has 0 unspecified atom stereocenters. The summed E-state index contributed by atoms with van der Waals surface area (Å²) in [7, 11) is 0. The molecule has 1 amide bonds. The molecule has 1 aromatic carbocycles. The van der Waals surface area contributed by atoms with Crippen molar-refractivity contribution in [2.45, 2.75) is 32.4 Å². The quantitative estimate of drug-likeness (QED) is 0.865. The van der Waals surface area contributed by atoms with E-state index in [1.807, 2.05) is 51.1 Å². The Morgan fingerprint density at radius 2 is 1.94 bits per heavy atom. The maximum atomic E-state index is 11.6. The minimum atomic E-state index is -0.475. The van der Waals surface area contributed by atoms with E-state index >= 15 is 0 Å². The lowest BCUT2D eigenvalue weighted by molar-refractivity contribution is 0.0509. The second-order valence-corrected chi connectivity index (χ2v) is 5.41. The van der Waals surface area contributed by atoms with E-state index in [9.17, 15) is 4.79 Å². The lowest BCUT2D eigenvalue weighted by Crippen LogP contribution is -2.35. The van der Waals surface area contributed by atoms with Crippen molar-refractivity contribution in [3.8, 4) is 0 Å². The van der Waals surface area contributed by atoms with Crippen LogP contribution in [0.4, 0.5) is 4.79 Å². The van der Waals surface area contributed by atoms with E-state index in [-0.39, 0.29) is 6.04 Å². The van der Waals surface area contributed by atoms with E-state index in [2.05, 4.69) is 21.2 Å². The molecule has 4 heteroatoms. The second-order valence-electron chi connectivity index (χ2n) is 4.76. The molecule has 0 aliphatic heterocycles. The van der Waals surface area contributed by atoms with Gasteiger partial charge in [0.15, 0.2) is 0 Å². The average Bonchev–Trinajstić information content (AvgIpc) is 2.24. The molecule has 1 rings (SSSR count). The summed E-state index contributed by atoms with van der Waals surface area (Å²) in [6.07, 6.45) is -0.397. The SMILES string of the molecule is CC(C)(C)OC(=O)N[C@H](CBr)c1ccccc1. The van der Waals surface area contributed by atoms with Crippen LogP contribution in [0, 0.1) is 0 Å². The number of carbonyl (C=O) groups excluding carboxylic acids is 1. The molecule has 1 atom stereocenters. The molecule has 1 aromatic rings. The predicted octanol–water partition coefficient (Wildman–Crippen LogP) is 3.65. The predicted molar refractivity (Wildman–Crippen MR) is 72.3 cm³/mol. The molecule has 0 aromatic heterocycles. The topological polar surface area (TPSA) is 38.3 Å². The van der Waals surface area contributed by atoms with Gasteiger partial charge in [0.05, 0.1) is 6.04 Å². The van der Waals surface area contributed by atoms with Crippen molar-refractivity contribution < 1.29 is 9.53 Å². The molecule has 94 valence electrons. The molecule has 0 saturated carbocycles. The number of carbonyl (C=O) groups is 1. The molecular weight excluding hydrogens is 282 g/mol. The highest BCUT2D eigenvalue weighted by Crippen LogP contribution is 2.16. The molecule has 1 N–H and O–H groups in total. The molecule has 0 spiro atoms. The van der Waals surface area contributed by atoms with Crippen molar-refractivity contribution in [3.63, 3.8) is 0 Å². The number of hydrogen-bond donors (Lipinski definition) is 1. The summed E-state index contributed by atoms with van der Waals surface area (Å²) in [5, 5.41) is 3.48. The Balaban J connectivity index is 2.62. The number of hydrogen-bond acceptors (Lipinski definition) is 2. The maximum absolute atomic E-state index is 11.6. The van der Waals surface area contributed by atoms with Crippen LogP contribution in [0.15, 0.2) is 30.3 Å². The molecule has 0 radical (unpaired) electrons. The van der Waals surface area contributed by atoms with Crippen LogP contribution in [0.2, 0.25) is 0 Å². The smallest absolute Gasteiger partial charge is 0.408 e. The van der Waals surface area contributed by atoms with Gasteiger partial charge in [0, 0.05) is 5.33 Å². The fourth-order valence-corrected chi connectivity index (χ4v) is 1.88. The van der Waals surface area contributed by atoms with Gasteiger partial charge in [0.2, 0.25) is 0 Å². The van der Waals surface area contributed by atoms with Gasteiger partial charge < -0.3 is 10.1 Å². The first-order chi connectivity index (χ1) is 7.92. The van der Waals surface area contributed by atoms with Gasteiger partial charge in [-0.15, -0.1) is 0 Å². The summed E-state index contributed by atoms with van der Waals surface area (Å²) >= 11 is 3.39. The molecule has 3 nitrogen and oxygen atoms in total. The van der Waals surface area contributed by atoms with Gasteiger partial charge in [-0.2, -0.15) is 0 Å². The third kappa shape index (κ3) is 5.22. The number of halogens is 1. The number of nitrogens with one attached hydrogen (secondary N) is 1. The fraction of sp³-hybridized carbons (Fsp3) is 0.462. The third-order valence-corrected chi connectivity index (χ3v) is 2.69. The van der Waals surface area contributed by atoms with Gasteiger partial charge in [-0.1, -0.05) is 46.3 Å². The van der Waals surface area contributed by atoms with Crippen molar-refractivity contribution >= 4 is 22.0 Å². The van der Waals surface area contributed by atoms with Gasteiger partial charge in [0.25, 0.3) is 0 Å². The van der Waals surface area contributed by atoms with Gasteiger partial charge in [0.1, 0.15) is 5.60 Å². The molecule has 0 fully saturated rings. The first kappa shape index (κ1) is 14.0. The summed E-state index contributed by atoms with van der Waals surface area (Å²) in [6, 6.07) is 9.71. The van der Waals surface area contributed by atoms with Crippen molar-refractivity contribution in [2.75, 3.05) is 5.33 Å². The van der Waals surface area contributed by atoms with Gasteiger partial charge in [-0.3, -0.25) is 0 Å². The molecule has 0 saturated heterocycles. The van der Waals surface area contributed by atoms with Gasteiger partial charge in [-0.25, -0.2) is 4.79 Å². The van der Waals surface area contributed by atoms with Gasteiger partial charge >= 0.3 is 6.09 Å². The highest BCUT2D eigenvalue weighted by atomic mass is 79.9. The Kier molecular flexibility index (Phi) is 5.00. The van der Waals surface area contributed by atoms with Crippen LogP contribution in [-0.2, 0) is 4.74 Å². The summed E-state index contributed by atoms with van der Waals surface area (Å²) < 4.78 is 5.22. The molecule has 0 aliphatic rings. The van der Waals surface area contributed by atoms with Crippen molar-refractivity contribution in [3.05, 3.63) is 35.9 Å². The Labute approximate surface area is 111 Å². The highest BCUT2D eigenvalue weighted by molar-refractivity contribution is 9.09. The van der Waals surface area contributed by atoms with E-state index < -0.39 is 11.7 Å². The van der Waals surface area contributed by atoms with Crippen LogP contribution in [0.5, 0.6) is 0 Å². The van der Waals surface area contributed by atoms with Crippen LogP contribution in [0.25, 0.3) is 0 Å². The molecule has 0 aliphatic carbocycles. The highest BCUT2D eigenvalue weighted by Gasteiger charge is 2.19. The number of amides is 1. The molecule has 0 heterocycles. The zero-order chi connectivity index (χ0) is 12.9. The van der Waals surface area contributed by atoms with Crippen molar-refractivity contribution in [1.82, 2.24) is 5.32 Å². The van der Waals surface area contributed by atoms with Crippen LogP contribution in [0.1, 0.15) is 32.4 Å². The average molecular weight is 300 g/mol. The monoisotopic (exact) mass is 299 g/mol. The number of benzene rings is 1. The lowest BCUT2D eigenvalue weighted by Gasteiger charge is -2.23. The zero-order valence-electron chi connectivity index (χ0n) is 10.4. The Morgan fingerprint density at radius 1 is 1.35 bits per heavy atom. The number of ether oxygens (including phenoxy) is 1. The third-order valence-electron chi connectivity index (χ3n) is 2.05. The minimum absolute atomic E-state index is 0.0777. The van der Waals surface area contributed by atoms with Gasteiger partial charge in [-0.05, 0) is 26.3 Å². The number of rotatable bonds is 3. The number of alkyl halides is 1. The lowest BCUT2D eigenvalue weighted by atomic mass is 10.1. The first-order valence-corrected chi connectivity index (χ1v) is 6.65. The van der Waals surface area contributed by atoms with E-state index in [4.69, 9.17) is 4.74 Å². The summed E-state index contributed by atoms with van der Waals surface area (Å²) in [4.78, 5) is 11.6. The maximum Gasteiger partial charge on any atom is 0.408 e. The van der Waals surface area contributed by atoms with Crippen LogP contribution in [0.3, 0.4) is 0 Å². The standard InChI is InChI=1S/C13H18BrNO2/c1-13(2,3)17-12(16)15-11(9-14)10-7-5-4-6-8-10/h4-8,11H,9H2,1-3H3,(H,15,16)/t11-/m1/s1. The number of alkyl carbamates (subject to hydrolysis) is 1. The minimum Gasteiger partial charge on any atom is -0.444 e. The van der Waals surface area contributed by atoms with Crippen molar-refractivity contribution in [1.29, 1.82) is 0 Å². The normalized spacial score (nSPS) is 12.9. The molecule has 0 bridgehead atoms. The summed E-state index contributed by atoms with van der Waals surface area (Å²) in [5.74, 6) is 0. The largest absolute Gasteiger partial charge is 0.444 e. The Hall–Kier alpha value is -1.03. The van der Waals surface area contributed by atoms with E-state index in [0.717, 1.165) is 5.56 Å². The Morgan fingerprint density at radius 3 is 2.41 bits per heavy atom. The van der Waals surface area contributed by atoms with Crippen molar-refractivity contribution in [2.24, 2.45) is 0 Å². The zero-order valence-corrected chi connectivity index (χ0v) is 12.0. The summed E-state index contributed by atoms with van der Waals surface area (Å²) in [5.41, 5.74) is 0.577. The van der Waals surface area contributed by atoms with Crippen LogP contribution >= 0.6 is 15.9 Å².